The van der Waals surface area contributed by atoms with E-state index in [1.54, 1.807) is 16.4 Å². The molecule has 2 atom stereocenters. The summed E-state index contributed by atoms with van der Waals surface area (Å²) in [6, 6.07) is 15.0. The van der Waals surface area contributed by atoms with Crippen LogP contribution in [0.3, 0.4) is 0 Å². The van der Waals surface area contributed by atoms with Crippen LogP contribution in [0.2, 0.25) is 14.8 Å². The molecule has 2 aliphatic rings. The summed E-state index contributed by atoms with van der Waals surface area (Å²) in [4.78, 5) is 7.43. The Kier molecular flexibility index (Phi) is 4.46. The Bertz CT molecular complexity index is 1020. The number of sulfonamides is 1. The summed E-state index contributed by atoms with van der Waals surface area (Å²) in [7, 11) is -3.59. The van der Waals surface area contributed by atoms with Gasteiger partial charge in [-0.05, 0) is 0 Å². The van der Waals surface area contributed by atoms with Crippen LogP contribution >= 0.6 is 15.9 Å². The zero-order chi connectivity index (χ0) is 18.9. The molecule has 4 rings (SSSR count). The molecule has 0 saturated carbocycles. The normalized spacial score (nSPS) is 22.8. The van der Waals surface area contributed by atoms with Gasteiger partial charge >= 0.3 is 169 Å². The van der Waals surface area contributed by atoms with Crippen molar-refractivity contribution in [2.75, 3.05) is 0 Å². The first-order valence-corrected chi connectivity index (χ1v) is 21.0. The Balaban J connectivity index is 1.91. The molecule has 0 aromatic heterocycles. The third-order valence-electron chi connectivity index (χ3n) is 5.27. The second-order valence-electron chi connectivity index (χ2n) is 8.09. The molecule has 26 heavy (non-hydrogen) atoms. The number of fused-ring (bicyclic) bond motifs is 5. The molecule has 0 amide bonds. The third-order valence-corrected chi connectivity index (χ3v) is 15.2. The Morgan fingerprint density at radius 2 is 1.46 bits per heavy atom. The molecule has 0 N–H and O–H groups in total. The molecule has 3 nitrogen and oxygen atoms in total. The Morgan fingerprint density at radius 3 is 2.00 bits per heavy atom. The van der Waals surface area contributed by atoms with E-state index in [0.717, 1.165) is 21.2 Å². The van der Waals surface area contributed by atoms with Crippen LogP contribution in [0.4, 0.5) is 0 Å². The van der Waals surface area contributed by atoms with Gasteiger partial charge in [-0.25, -0.2) is 0 Å². The molecular formula is C20H22BrNO2SSn. The fourth-order valence-corrected chi connectivity index (χ4v) is 16.5. The summed E-state index contributed by atoms with van der Waals surface area (Å²) in [5.41, 5.74) is 3.32. The first kappa shape index (κ1) is 18.7. The van der Waals surface area contributed by atoms with Gasteiger partial charge in [0.15, 0.2) is 0 Å². The van der Waals surface area contributed by atoms with Crippen molar-refractivity contribution in [2.45, 2.75) is 38.7 Å². The van der Waals surface area contributed by atoms with Crippen LogP contribution in [-0.2, 0) is 10.0 Å². The molecule has 0 spiro atoms. The molecule has 2 aromatic carbocycles. The predicted molar refractivity (Wildman–Crippen MR) is 111 cm³/mol. The van der Waals surface area contributed by atoms with Gasteiger partial charge in [-0.1, -0.05) is 0 Å². The van der Waals surface area contributed by atoms with Crippen LogP contribution in [0.25, 0.3) is 0 Å². The summed E-state index contributed by atoms with van der Waals surface area (Å²) in [5, 5.41) is 0. The quantitative estimate of drug-likeness (QED) is 0.496. The molecule has 2 bridgehead atoms. The van der Waals surface area contributed by atoms with E-state index >= 15 is 0 Å². The average Bonchev–Trinajstić information content (AvgIpc) is 3.06. The zero-order valence-electron chi connectivity index (χ0n) is 15.3. The average molecular weight is 539 g/mol. The van der Waals surface area contributed by atoms with E-state index in [-0.39, 0.29) is 12.1 Å². The SMILES string of the molecule is Cc1ccc(S(=O)(=O)N2C3C(Br)=[C]([Sn]([CH3])([CH3])[CH3])C2c2ccccc23)cc1. The van der Waals surface area contributed by atoms with Crippen LogP contribution in [0, 0.1) is 6.92 Å². The fourth-order valence-electron chi connectivity index (χ4n) is 4.12. The summed E-state index contributed by atoms with van der Waals surface area (Å²) in [5.74, 6) is 0. The van der Waals surface area contributed by atoms with Gasteiger partial charge in [-0.2, -0.15) is 0 Å². The predicted octanol–water partition coefficient (Wildman–Crippen LogP) is 5.32. The molecule has 136 valence electrons. The van der Waals surface area contributed by atoms with E-state index in [4.69, 9.17) is 0 Å². The van der Waals surface area contributed by atoms with Crippen molar-refractivity contribution in [3.8, 4) is 0 Å². The summed E-state index contributed by atoms with van der Waals surface area (Å²) in [6.07, 6.45) is 0. The van der Waals surface area contributed by atoms with Crippen LogP contribution in [0.5, 0.6) is 0 Å². The number of hydrogen-bond donors (Lipinski definition) is 0. The van der Waals surface area contributed by atoms with Crippen LogP contribution in [0.1, 0.15) is 28.8 Å². The molecule has 2 unspecified atom stereocenters. The molecule has 0 aliphatic carbocycles. The summed E-state index contributed by atoms with van der Waals surface area (Å²) < 4.78 is 31.4. The molecular weight excluding hydrogens is 517 g/mol. The maximum absolute atomic E-state index is 13.6. The van der Waals surface area contributed by atoms with E-state index in [0.29, 0.717) is 4.90 Å². The summed E-state index contributed by atoms with van der Waals surface area (Å²) >= 11 is 1.29. The van der Waals surface area contributed by atoms with E-state index in [2.05, 4.69) is 42.9 Å². The fraction of sp³-hybridized carbons (Fsp3) is 0.300. The van der Waals surface area contributed by atoms with Crippen molar-refractivity contribution >= 4 is 44.3 Å². The first-order valence-electron chi connectivity index (χ1n) is 8.73. The van der Waals surface area contributed by atoms with Crippen molar-refractivity contribution in [3.05, 3.63) is 73.3 Å². The Hall–Kier alpha value is -0.631. The number of aryl methyl sites for hydroxylation is 1. The van der Waals surface area contributed by atoms with Crippen LogP contribution in [-0.4, -0.2) is 31.1 Å². The zero-order valence-corrected chi connectivity index (χ0v) is 20.6. The number of rotatable bonds is 3. The second kappa shape index (κ2) is 6.19. The van der Waals surface area contributed by atoms with Gasteiger partial charge < -0.3 is 0 Å². The van der Waals surface area contributed by atoms with E-state index in [9.17, 15) is 8.42 Å². The standard InChI is InChI=1S/C17H13BrNO2S.3CH3.Sn/c1-11-6-8-12(9-7-11)22(20,21)19-16-10-15(18)17(19)14-5-3-2-4-13(14)16;;;;/h2-9,16-17H,1H3;3*1H3;. The van der Waals surface area contributed by atoms with Gasteiger partial charge in [0.05, 0.1) is 0 Å². The summed E-state index contributed by atoms with van der Waals surface area (Å²) in [6.45, 7) is 1.97. The van der Waals surface area contributed by atoms with Gasteiger partial charge in [-0.15, -0.1) is 0 Å². The molecule has 0 saturated heterocycles. The topological polar surface area (TPSA) is 37.4 Å². The number of hydrogen-bond acceptors (Lipinski definition) is 2. The molecule has 2 aliphatic heterocycles. The van der Waals surface area contributed by atoms with Gasteiger partial charge in [0.1, 0.15) is 0 Å². The molecule has 0 radical (unpaired) electrons. The Morgan fingerprint density at radius 1 is 0.923 bits per heavy atom. The van der Waals surface area contributed by atoms with Crippen LogP contribution in [0.15, 0.2) is 61.5 Å². The van der Waals surface area contributed by atoms with Crippen molar-refractivity contribution in [1.82, 2.24) is 4.31 Å². The Labute approximate surface area is 168 Å². The monoisotopic (exact) mass is 539 g/mol. The first-order chi connectivity index (χ1) is 12.1. The van der Waals surface area contributed by atoms with Crippen molar-refractivity contribution in [2.24, 2.45) is 0 Å². The van der Waals surface area contributed by atoms with Crippen LogP contribution < -0.4 is 0 Å². The second-order valence-corrected chi connectivity index (χ2v) is 25.2. The van der Waals surface area contributed by atoms with Crippen molar-refractivity contribution in [3.63, 3.8) is 0 Å². The molecule has 0 fully saturated rings. The van der Waals surface area contributed by atoms with E-state index in [1.165, 1.54) is 3.59 Å². The van der Waals surface area contributed by atoms with Gasteiger partial charge in [-0.3, -0.25) is 0 Å². The third kappa shape index (κ3) is 2.65. The minimum absolute atomic E-state index is 0.160. The van der Waals surface area contributed by atoms with Gasteiger partial charge in [0.25, 0.3) is 0 Å². The molecule has 6 heteroatoms. The van der Waals surface area contributed by atoms with Gasteiger partial charge in [0, 0.05) is 0 Å². The maximum atomic E-state index is 13.6. The molecule has 2 aromatic rings. The van der Waals surface area contributed by atoms with Crippen molar-refractivity contribution in [1.29, 1.82) is 0 Å². The van der Waals surface area contributed by atoms with Crippen molar-refractivity contribution < 1.29 is 8.42 Å². The number of halogens is 1. The van der Waals surface area contributed by atoms with Gasteiger partial charge in [0.2, 0.25) is 0 Å². The molecule has 2 heterocycles. The van der Waals surface area contributed by atoms with E-state index in [1.807, 2.05) is 31.2 Å². The minimum atomic E-state index is -3.59. The number of benzene rings is 2. The number of nitrogens with zero attached hydrogens (tertiary/aromatic N) is 1. The van der Waals surface area contributed by atoms with E-state index < -0.39 is 28.4 Å².